The van der Waals surface area contributed by atoms with Crippen molar-refractivity contribution < 1.29 is 22.7 Å². The highest BCUT2D eigenvalue weighted by molar-refractivity contribution is 7.99. The summed E-state index contributed by atoms with van der Waals surface area (Å²) >= 11 is 1.13. The molecule has 2 heterocycles. The zero-order chi connectivity index (χ0) is 26.0. The van der Waals surface area contributed by atoms with Gasteiger partial charge in [-0.3, -0.25) is 9.36 Å². The second-order valence-corrected chi connectivity index (χ2v) is 8.95. The zero-order valence-electron chi connectivity index (χ0n) is 19.4. The van der Waals surface area contributed by atoms with E-state index in [1.54, 1.807) is 7.11 Å². The molecule has 3 aromatic carbocycles. The number of carbonyl (C=O) groups is 1. The lowest BCUT2D eigenvalue weighted by Crippen LogP contribution is -2.15. The van der Waals surface area contributed by atoms with Gasteiger partial charge in [-0.2, -0.15) is 13.2 Å². The highest BCUT2D eigenvalue weighted by Crippen LogP contribution is 2.33. The van der Waals surface area contributed by atoms with Crippen LogP contribution >= 0.6 is 11.8 Å². The lowest BCUT2D eigenvalue weighted by atomic mass is 10.1. The van der Waals surface area contributed by atoms with E-state index in [-0.39, 0.29) is 11.4 Å². The lowest BCUT2D eigenvalue weighted by Gasteiger charge is -2.11. The van der Waals surface area contributed by atoms with Crippen molar-refractivity contribution in [1.82, 2.24) is 19.7 Å². The third-order valence-corrected chi connectivity index (χ3v) is 6.53. The van der Waals surface area contributed by atoms with Crippen LogP contribution in [0.2, 0.25) is 0 Å². The van der Waals surface area contributed by atoms with Crippen LogP contribution in [-0.2, 0) is 11.0 Å². The molecule has 2 N–H and O–H groups in total. The Morgan fingerprint density at radius 3 is 2.59 bits per heavy atom. The maximum Gasteiger partial charge on any atom is 0.416 e. The maximum absolute atomic E-state index is 13.0. The third kappa shape index (κ3) is 5.17. The van der Waals surface area contributed by atoms with Crippen LogP contribution < -0.4 is 10.1 Å². The largest absolute Gasteiger partial charge is 0.497 e. The second-order valence-electron chi connectivity index (χ2n) is 8.00. The Kier molecular flexibility index (Phi) is 6.62. The van der Waals surface area contributed by atoms with Crippen LogP contribution in [0.4, 0.5) is 18.9 Å². The summed E-state index contributed by atoms with van der Waals surface area (Å²) in [5.74, 6) is 0.698. The van der Waals surface area contributed by atoms with E-state index in [9.17, 15) is 18.0 Å². The fraction of sp³-hybridized carbons (Fsp3) is 0.115. The molecule has 5 aromatic rings. The first-order chi connectivity index (χ1) is 17.8. The van der Waals surface area contributed by atoms with Gasteiger partial charge in [-0.05, 0) is 48.5 Å². The van der Waals surface area contributed by atoms with Gasteiger partial charge in [0.05, 0.1) is 18.4 Å². The molecule has 7 nitrogen and oxygen atoms in total. The molecule has 1 amide bonds. The van der Waals surface area contributed by atoms with Gasteiger partial charge < -0.3 is 15.0 Å². The molecule has 0 aliphatic rings. The molecule has 0 saturated heterocycles. The highest BCUT2D eigenvalue weighted by atomic mass is 32.2. The maximum atomic E-state index is 13.0. The Labute approximate surface area is 213 Å². The average molecular weight is 524 g/mol. The van der Waals surface area contributed by atoms with Gasteiger partial charge in [-0.1, -0.05) is 36.0 Å². The molecule has 11 heteroatoms. The second kappa shape index (κ2) is 10.0. The Bertz CT molecular complexity index is 1560. The van der Waals surface area contributed by atoms with Crippen molar-refractivity contribution in [3.8, 4) is 22.8 Å². The Morgan fingerprint density at radius 2 is 1.84 bits per heavy atom. The van der Waals surface area contributed by atoms with E-state index < -0.39 is 17.6 Å². The fourth-order valence-electron chi connectivity index (χ4n) is 3.86. The normalized spacial score (nSPS) is 11.6. The molecule has 0 radical (unpaired) electrons. The molecule has 188 valence electrons. The monoisotopic (exact) mass is 523 g/mol. The van der Waals surface area contributed by atoms with E-state index in [1.165, 1.54) is 12.1 Å². The van der Waals surface area contributed by atoms with E-state index in [0.29, 0.717) is 16.7 Å². The molecule has 0 spiro atoms. The number of amides is 1. The molecule has 5 rings (SSSR count). The molecule has 0 aliphatic carbocycles. The fourth-order valence-corrected chi connectivity index (χ4v) is 4.61. The van der Waals surface area contributed by atoms with Crippen LogP contribution in [0, 0.1) is 0 Å². The van der Waals surface area contributed by atoms with E-state index in [1.807, 2.05) is 59.3 Å². The number of aromatic nitrogens is 4. The van der Waals surface area contributed by atoms with E-state index in [4.69, 9.17) is 4.74 Å². The molecular formula is C26H20F3N5O2S. The number of thioether (sulfide) groups is 1. The van der Waals surface area contributed by atoms with Gasteiger partial charge in [0.1, 0.15) is 5.75 Å². The van der Waals surface area contributed by atoms with Crippen LogP contribution in [0.1, 0.15) is 5.56 Å². The summed E-state index contributed by atoms with van der Waals surface area (Å²) in [5.41, 5.74) is 1.76. The number of para-hydroxylation sites is 1. The molecule has 0 atom stereocenters. The summed E-state index contributed by atoms with van der Waals surface area (Å²) in [6, 6.07) is 19.6. The molecule has 0 aliphatic heterocycles. The van der Waals surface area contributed by atoms with Crippen LogP contribution in [0.25, 0.3) is 28.0 Å². The number of rotatable bonds is 7. The van der Waals surface area contributed by atoms with E-state index in [0.717, 1.165) is 46.0 Å². The van der Waals surface area contributed by atoms with Gasteiger partial charge in [-0.25, -0.2) is 0 Å². The summed E-state index contributed by atoms with van der Waals surface area (Å²) in [4.78, 5) is 15.8. The van der Waals surface area contributed by atoms with Gasteiger partial charge in [-0.15, -0.1) is 10.2 Å². The number of nitrogens with one attached hydrogen (secondary N) is 2. The predicted molar refractivity (Wildman–Crippen MR) is 136 cm³/mol. The number of nitrogens with zero attached hydrogens (tertiary/aromatic N) is 3. The van der Waals surface area contributed by atoms with Crippen LogP contribution in [0.15, 0.2) is 84.1 Å². The molecule has 0 unspecified atom stereocenters. The number of H-pyrrole nitrogens is 1. The van der Waals surface area contributed by atoms with E-state index >= 15 is 0 Å². The number of ether oxygens (including phenoxy) is 1. The minimum Gasteiger partial charge on any atom is -0.497 e. The minimum absolute atomic E-state index is 0.0662. The SMILES string of the molecule is COc1ccc(-n2c(SCC(=O)Nc3cccc(C(F)(F)F)c3)nnc2-c2c[nH]c3ccccc23)cc1. The summed E-state index contributed by atoms with van der Waals surface area (Å²) < 4.78 is 46.1. The van der Waals surface area contributed by atoms with Gasteiger partial charge in [0.15, 0.2) is 11.0 Å². The van der Waals surface area contributed by atoms with Gasteiger partial charge in [0.2, 0.25) is 5.91 Å². The number of methoxy groups -OCH3 is 1. The number of hydrogen-bond donors (Lipinski definition) is 2. The number of benzene rings is 3. The summed E-state index contributed by atoms with van der Waals surface area (Å²) in [5, 5.41) is 12.7. The third-order valence-electron chi connectivity index (χ3n) is 5.60. The quantitative estimate of drug-likeness (QED) is 0.249. The van der Waals surface area contributed by atoms with Crippen molar-refractivity contribution in [2.75, 3.05) is 18.2 Å². The van der Waals surface area contributed by atoms with Crippen LogP contribution in [-0.4, -0.2) is 38.5 Å². The molecular weight excluding hydrogens is 503 g/mol. The van der Waals surface area contributed by atoms with Crippen molar-refractivity contribution in [3.63, 3.8) is 0 Å². The highest BCUT2D eigenvalue weighted by Gasteiger charge is 2.30. The Balaban J connectivity index is 1.43. The molecule has 37 heavy (non-hydrogen) atoms. The van der Waals surface area contributed by atoms with Crippen molar-refractivity contribution >= 4 is 34.3 Å². The van der Waals surface area contributed by atoms with Crippen molar-refractivity contribution in [2.24, 2.45) is 0 Å². The number of anilines is 1. The minimum atomic E-state index is -4.50. The smallest absolute Gasteiger partial charge is 0.416 e. The van der Waals surface area contributed by atoms with E-state index in [2.05, 4.69) is 20.5 Å². The number of halogens is 3. The van der Waals surface area contributed by atoms with Gasteiger partial charge >= 0.3 is 6.18 Å². The van der Waals surface area contributed by atoms with Gasteiger partial charge in [0, 0.05) is 34.0 Å². The van der Waals surface area contributed by atoms with Crippen LogP contribution in [0.5, 0.6) is 5.75 Å². The molecule has 2 aromatic heterocycles. The Morgan fingerprint density at radius 1 is 1.05 bits per heavy atom. The predicted octanol–water partition coefficient (Wildman–Crippen LogP) is 6.17. The molecule has 0 bridgehead atoms. The van der Waals surface area contributed by atoms with Crippen molar-refractivity contribution in [1.29, 1.82) is 0 Å². The lowest BCUT2D eigenvalue weighted by molar-refractivity contribution is -0.137. The van der Waals surface area contributed by atoms with Crippen molar-refractivity contribution in [3.05, 3.63) is 84.6 Å². The number of aromatic amines is 1. The number of hydrogen-bond acceptors (Lipinski definition) is 5. The Hall–Kier alpha value is -4.25. The number of fused-ring (bicyclic) bond motifs is 1. The first-order valence-corrected chi connectivity index (χ1v) is 12.1. The zero-order valence-corrected chi connectivity index (χ0v) is 20.2. The molecule has 0 fully saturated rings. The summed E-state index contributed by atoms with van der Waals surface area (Å²) in [6.07, 6.45) is -2.65. The first-order valence-electron chi connectivity index (χ1n) is 11.1. The first kappa shape index (κ1) is 24.4. The molecule has 0 saturated carbocycles. The summed E-state index contributed by atoms with van der Waals surface area (Å²) in [7, 11) is 1.58. The number of carbonyl (C=O) groups excluding carboxylic acids is 1. The van der Waals surface area contributed by atoms with Crippen LogP contribution in [0.3, 0.4) is 0 Å². The topological polar surface area (TPSA) is 84.8 Å². The number of alkyl halides is 3. The van der Waals surface area contributed by atoms with Crippen molar-refractivity contribution in [2.45, 2.75) is 11.3 Å². The summed E-state index contributed by atoms with van der Waals surface area (Å²) in [6.45, 7) is 0. The average Bonchev–Trinajstić information content (AvgIpc) is 3.51. The standard InChI is InChI=1S/C26H20F3N5O2S/c1-36-19-11-9-18(10-12-19)34-24(21-14-30-22-8-3-2-7-20(21)22)32-33-25(34)37-15-23(35)31-17-6-4-5-16(13-17)26(27,28)29/h2-14,30H,15H2,1H3,(H,31,35). The van der Waals surface area contributed by atoms with Gasteiger partial charge in [0.25, 0.3) is 0 Å².